The second kappa shape index (κ2) is 9.56. The van der Waals surface area contributed by atoms with E-state index >= 15 is 0 Å². The second-order valence-electron chi connectivity index (χ2n) is 7.31. The number of anilines is 1. The number of nitrogens with one attached hydrogen (secondary N) is 3. The topological polar surface area (TPSA) is 100 Å². The third-order valence-corrected chi connectivity index (χ3v) is 6.91. The van der Waals surface area contributed by atoms with Gasteiger partial charge >= 0.3 is 6.03 Å². The SMILES string of the molecule is CC1CC(Cl)CCC1NS(=O)(=O)c1ccc(NC(=O)NCc2cccnc2)cc1. The van der Waals surface area contributed by atoms with Crippen LogP contribution >= 0.6 is 11.6 Å². The molecule has 1 heterocycles. The summed E-state index contributed by atoms with van der Waals surface area (Å²) >= 11 is 6.16. The van der Waals surface area contributed by atoms with Gasteiger partial charge in [-0.3, -0.25) is 4.98 Å². The van der Waals surface area contributed by atoms with E-state index in [1.165, 1.54) is 12.1 Å². The quantitative estimate of drug-likeness (QED) is 0.603. The van der Waals surface area contributed by atoms with Crippen LogP contribution in [0, 0.1) is 5.92 Å². The maximum absolute atomic E-state index is 12.7. The molecule has 3 N–H and O–H groups in total. The second-order valence-corrected chi connectivity index (χ2v) is 9.64. The number of hydrogen-bond acceptors (Lipinski definition) is 4. The van der Waals surface area contributed by atoms with Gasteiger partial charge in [-0.1, -0.05) is 13.0 Å². The van der Waals surface area contributed by atoms with Crippen molar-refractivity contribution in [3.05, 3.63) is 54.4 Å². The molecule has 2 amide bonds. The smallest absolute Gasteiger partial charge is 0.319 e. The van der Waals surface area contributed by atoms with Crippen LogP contribution in [0.1, 0.15) is 31.7 Å². The van der Waals surface area contributed by atoms with Gasteiger partial charge in [-0.2, -0.15) is 0 Å². The van der Waals surface area contributed by atoms with Crippen LogP contribution in [-0.4, -0.2) is 30.9 Å². The van der Waals surface area contributed by atoms with E-state index in [0.717, 1.165) is 24.8 Å². The molecule has 1 fully saturated rings. The van der Waals surface area contributed by atoms with E-state index in [2.05, 4.69) is 20.3 Å². The summed E-state index contributed by atoms with van der Waals surface area (Å²) in [5.41, 5.74) is 1.39. The van der Waals surface area contributed by atoms with Gasteiger partial charge in [0, 0.05) is 36.0 Å². The summed E-state index contributed by atoms with van der Waals surface area (Å²) in [5, 5.41) is 5.52. The Morgan fingerprint density at radius 3 is 2.62 bits per heavy atom. The molecule has 7 nitrogen and oxygen atoms in total. The van der Waals surface area contributed by atoms with E-state index < -0.39 is 10.0 Å². The van der Waals surface area contributed by atoms with E-state index in [1.807, 2.05) is 13.0 Å². The van der Waals surface area contributed by atoms with E-state index in [1.54, 1.807) is 30.6 Å². The van der Waals surface area contributed by atoms with Gasteiger partial charge in [0.25, 0.3) is 0 Å². The predicted octanol–water partition coefficient (Wildman–Crippen LogP) is 3.48. The Labute approximate surface area is 176 Å². The summed E-state index contributed by atoms with van der Waals surface area (Å²) < 4.78 is 28.1. The monoisotopic (exact) mass is 436 g/mol. The van der Waals surface area contributed by atoms with Crippen molar-refractivity contribution in [2.45, 2.75) is 49.0 Å². The van der Waals surface area contributed by atoms with Gasteiger partial charge in [-0.05, 0) is 61.1 Å². The molecule has 9 heteroatoms. The van der Waals surface area contributed by atoms with Gasteiger partial charge in [0.1, 0.15) is 0 Å². The maximum atomic E-state index is 12.7. The fraction of sp³-hybridized carbons (Fsp3) is 0.400. The predicted molar refractivity (Wildman–Crippen MR) is 113 cm³/mol. The number of carbonyl (C=O) groups is 1. The lowest BCUT2D eigenvalue weighted by Gasteiger charge is -2.31. The number of alkyl halides is 1. The largest absolute Gasteiger partial charge is 0.334 e. The molecule has 3 unspecified atom stereocenters. The van der Waals surface area contributed by atoms with Gasteiger partial charge in [0.15, 0.2) is 0 Å². The average molecular weight is 437 g/mol. The van der Waals surface area contributed by atoms with Crippen LogP contribution in [0.15, 0.2) is 53.7 Å². The Morgan fingerprint density at radius 1 is 1.21 bits per heavy atom. The molecule has 1 aliphatic carbocycles. The van der Waals surface area contributed by atoms with Crippen molar-refractivity contribution in [3.8, 4) is 0 Å². The van der Waals surface area contributed by atoms with Crippen molar-refractivity contribution in [3.63, 3.8) is 0 Å². The number of benzene rings is 1. The van der Waals surface area contributed by atoms with E-state index in [0.29, 0.717) is 12.2 Å². The van der Waals surface area contributed by atoms with Crippen molar-refractivity contribution in [1.29, 1.82) is 0 Å². The Hall–Kier alpha value is -2.16. The normalized spacial score (nSPS) is 22.1. The first-order valence-electron chi connectivity index (χ1n) is 9.54. The van der Waals surface area contributed by atoms with Crippen molar-refractivity contribution >= 4 is 33.3 Å². The zero-order valence-electron chi connectivity index (χ0n) is 16.1. The molecule has 3 atom stereocenters. The molecule has 156 valence electrons. The minimum atomic E-state index is -3.63. The Morgan fingerprint density at radius 2 is 1.97 bits per heavy atom. The molecule has 0 bridgehead atoms. The van der Waals surface area contributed by atoms with Crippen LogP contribution in [0.25, 0.3) is 0 Å². The van der Waals surface area contributed by atoms with Crippen molar-refractivity contribution < 1.29 is 13.2 Å². The summed E-state index contributed by atoms with van der Waals surface area (Å²) in [6.45, 7) is 2.36. The molecule has 0 spiro atoms. The molecular formula is C20H25ClN4O3S. The maximum Gasteiger partial charge on any atom is 0.319 e. The Bertz CT molecular complexity index is 923. The molecular weight excluding hydrogens is 412 g/mol. The summed E-state index contributed by atoms with van der Waals surface area (Å²) in [6.07, 6.45) is 5.66. The van der Waals surface area contributed by atoms with Gasteiger partial charge in [-0.25, -0.2) is 17.9 Å². The van der Waals surface area contributed by atoms with Gasteiger partial charge in [0.05, 0.1) is 4.90 Å². The van der Waals surface area contributed by atoms with Crippen LogP contribution in [0.5, 0.6) is 0 Å². The van der Waals surface area contributed by atoms with Gasteiger partial charge in [0.2, 0.25) is 10.0 Å². The summed E-state index contributed by atoms with van der Waals surface area (Å²) in [6, 6.07) is 9.26. The fourth-order valence-corrected chi connectivity index (χ4v) is 5.14. The number of sulfonamides is 1. The van der Waals surface area contributed by atoms with Crippen LogP contribution in [0.2, 0.25) is 0 Å². The number of halogens is 1. The molecule has 0 aliphatic heterocycles. The molecule has 29 heavy (non-hydrogen) atoms. The number of nitrogens with zero attached hydrogens (tertiary/aromatic N) is 1. The molecule has 0 radical (unpaired) electrons. The molecule has 1 aromatic carbocycles. The van der Waals surface area contributed by atoms with Crippen LogP contribution < -0.4 is 15.4 Å². The highest BCUT2D eigenvalue weighted by atomic mass is 35.5. The molecule has 3 rings (SSSR count). The molecule has 2 aromatic rings. The highest BCUT2D eigenvalue weighted by molar-refractivity contribution is 7.89. The number of rotatable bonds is 6. The average Bonchev–Trinajstić information content (AvgIpc) is 2.70. The Kier molecular flexibility index (Phi) is 7.10. The molecule has 1 aromatic heterocycles. The lowest BCUT2D eigenvalue weighted by molar-refractivity contribution is 0.251. The van der Waals surface area contributed by atoms with Crippen LogP contribution in [0.4, 0.5) is 10.5 Å². The van der Waals surface area contributed by atoms with Crippen LogP contribution in [-0.2, 0) is 16.6 Å². The number of aromatic nitrogens is 1. The number of pyridine rings is 1. The molecule has 1 saturated carbocycles. The number of carbonyl (C=O) groups excluding carboxylic acids is 1. The van der Waals surface area contributed by atoms with Crippen molar-refractivity contribution in [2.24, 2.45) is 5.92 Å². The molecule has 0 saturated heterocycles. The van der Waals surface area contributed by atoms with Gasteiger partial charge < -0.3 is 10.6 Å². The first-order valence-corrected chi connectivity index (χ1v) is 11.5. The van der Waals surface area contributed by atoms with Crippen molar-refractivity contribution in [1.82, 2.24) is 15.0 Å². The van der Waals surface area contributed by atoms with E-state index in [4.69, 9.17) is 11.6 Å². The Balaban J connectivity index is 1.55. The highest BCUT2D eigenvalue weighted by Crippen LogP contribution is 2.29. The zero-order chi connectivity index (χ0) is 20.9. The minimum Gasteiger partial charge on any atom is -0.334 e. The summed E-state index contributed by atoms with van der Waals surface area (Å²) in [5.74, 6) is 0.186. The standard InChI is InChI=1S/C20H25ClN4O3S/c1-14-11-16(21)4-9-19(14)25-29(27,28)18-7-5-17(6-8-18)24-20(26)23-13-15-3-2-10-22-12-15/h2-3,5-8,10,12,14,16,19,25H,4,9,11,13H2,1H3,(H2,23,24,26). The number of urea groups is 1. The zero-order valence-corrected chi connectivity index (χ0v) is 17.7. The lowest BCUT2D eigenvalue weighted by atomic mass is 9.86. The first-order chi connectivity index (χ1) is 13.8. The van der Waals surface area contributed by atoms with Crippen LogP contribution in [0.3, 0.4) is 0 Å². The summed E-state index contributed by atoms with van der Waals surface area (Å²) in [4.78, 5) is 16.2. The van der Waals surface area contributed by atoms with Crippen molar-refractivity contribution in [2.75, 3.05) is 5.32 Å². The number of hydrogen-bond donors (Lipinski definition) is 3. The third kappa shape index (κ3) is 6.16. The first kappa shape index (κ1) is 21.5. The summed E-state index contributed by atoms with van der Waals surface area (Å²) in [7, 11) is -3.63. The third-order valence-electron chi connectivity index (χ3n) is 5.01. The lowest BCUT2D eigenvalue weighted by Crippen LogP contribution is -2.42. The molecule has 1 aliphatic rings. The fourth-order valence-electron chi connectivity index (χ4n) is 3.35. The van der Waals surface area contributed by atoms with Gasteiger partial charge in [-0.15, -0.1) is 11.6 Å². The van der Waals surface area contributed by atoms with E-state index in [-0.39, 0.29) is 28.3 Å². The number of amides is 2. The van der Waals surface area contributed by atoms with E-state index in [9.17, 15) is 13.2 Å². The highest BCUT2D eigenvalue weighted by Gasteiger charge is 2.30. The minimum absolute atomic E-state index is 0.111.